The summed E-state index contributed by atoms with van der Waals surface area (Å²) in [5.41, 5.74) is 2.11. The van der Waals surface area contributed by atoms with E-state index in [4.69, 9.17) is 4.74 Å². The van der Waals surface area contributed by atoms with Gasteiger partial charge in [0.05, 0.1) is 12.6 Å². The van der Waals surface area contributed by atoms with Crippen LogP contribution in [0.3, 0.4) is 0 Å². The van der Waals surface area contributed by atoms with Crippen molar-refractivity contribution in [2.75, 3.05) is 7.11 Å². The number of aromatic nitrogens is 3. The molecule has 2 aromatic carbocycles. The van der Waals surface area contributed by atoms with E-state index in [1.165, 1.54) is 0 Å². The molecule has 1 N–H and O–H groups in total. The number of para-hydroxylation sites is 1. The molecule has 1 atom stereocenters. The maximum atomic E-state index is 13.5. The van der Waals surface area contributed by atoms with E-state index in [2.05, 4.69) is 14.7 Å². The molecule has 154 valence electrons. The van der Waals surface area contributed by atoms with E-state index in [1.807, 2.05) is 44.3 Å². The number of fused-ring (bicyclic) bond motifs is 1. The summed E-state index contributed by atoms with van der Waals surface area (Å²) in [6.45, 7) is 1.92. The van der Waals surface area contributed by atoms with Gasteiger partial charge in [-0.25, -0.2) is 13.4 Å². The van der Waals surface area contributed by atoms with E-state index in [1.54, 1.807) is 48.5 Å². The van der Waals surface area contributed by atoms with Crippen LogP contribution in [0, 0.1) is 6.92 Å². The summed E-state index contributed by atoms with van der Waals surface area (Å²) in [4.78, 5) is 8.88. The summed E-state index contributed by atoms with van der Waals surface area (Å²) in [6, 6.07) is 13.6. The highest BCUT2D eigenvalue weighted by atomic mass is 32.2. The first-order chi connectivity index (χ1) is 14.4. The molecule has 0 bridgehead atoms. The summed E-state index contributed by atoms with van der Waals surface area (Å²) >= 11 is 0. The minimum Gasteiger partial charge on any atom is -0.497 e. The van der Waals surface area contributed by atoms with E-state index in [9.17, 15) is 8.42 Å². The molecule has 0 amide bonds. The third-order valence-electron chi connectivity index (χ3n) is 4.92. The molecule has 0 spiro atoms. The van der Waals surface area contributed by atoms with E-state index in [-0.39, 0.29) is 4.90 Å². The average Bonchev–Trinajstić information content (AvgIpc) is 3.17. The number of rotatable bonds is 6. The van der Waals surface area contributed by atoms with Crippen molar-refractivity contribution in [2.45, 2.75) is 17.9 Å². The Hall–Kier alpha value is -3.23. The molecule has 0 fully saturated rings. The van der Waals surface area contributed by atoms with Crippen LogP contribution < -0.4 is 9.46 Å². The highest BCUT2D eigenvalue weighted by molar-refractivity contribution is 7.89. The number of aryl methyl sites for hydroxylation is 2. The fraction of sp³-hybridized carbons (Fsp3) is 0.182. The lowest BCUT2D eigenvalue weighted by molar-refractivity contribution is 0.413. The third kappa shape index (κ3) is 3.79. The number of hydrogen-bond acceptors (Lipinski definition) is 5. The minimum absolute atomic E-state index is 0.127. The van der Waals surface area contributed by atoms with Crippen LogP contribution in [-0.4, -0.2) is 30.1 Å². The van der Waals surface area contributed by atoms with E-state index in [0.29, 0.717) is 17.1 Å². The van der Waals surface area contributed by atoms with Crippen molar-refractivity contribution in [1.29, 1.82) is 0 Å². The lowest BCUT2D eigenvalue weighted by Gasteiger charge is -2.20. The normalized spacial score (nSPS) is 12.8. The molecule has 2 aromatic heterocycles. The predicted octanol–water partition coefficient (Wildman–Crippen LogP) is 3.35. The molecule has 7 nitrogen and oxygen atoms in total. The van der Waals surface area contributed by atoms with Crippen LogP contribution in [0.15, 0.2) is 72.0 Å². The lowest BCUT2D eigenvalue weighted by atomic mass is 10.1. The van der Waals surface area contributed by atoms with Gasteiger partial charge >= 0.3 is 0 Å². The standard InChI is InChI=1S/C22H22N4O3S/c1-15-12-16-7-5-9-19(20(16)24-14-15)30(27,28)25-21(22-23-10-11-26(22)2)17-6-4-8-18(13-17)29-3/h4-14,21,25H,1-3H3. The van der Waals surface area contributed by atoms with Crippen molar-refractivity contribution in [3.05, 3.63) is 84.1 Å². The fourth-order valence-corrected chi connectivity index (χ4v) is 4.79. The quantitative estimate of drug-likeness (QED) is 0.515. The zero-order valence-corrected chi connectivity index (χ0v) is 17.7. The fourth-order valence-electron chi connectivity index (χ4n) is 3.42. The van der Waals surface area contributed by atoms with Gasteiger partial charge < -0.3 is 9.30 Å². The second kappa shape index (κ2) is 7.89. The zero-order chi connectivity index (χ0) is 21.3. The Balaban J connectivity index is 1.82. The van der Waals surface area contributed by atoms with Crippen LogP contribution in [0.25, 0.3) is 10.9 Å². The van der Waals surface area contributed by atoms with Crippen LogP contribution in [0.5, 0.6) is 5.75 Å². The summed E-state index contributed by atoms with van der Waals surface area (Å²) in [6.07, 6.45) is 5.08. The molecule has 2 heterocycles. The number of nitrogens with one attached hydrogen (secondary N) is 1. The van der Waals surface area contributed by atoms with Gasteiger partial charge in [-0.1, -0.05) is 24.3 Å². The van der Waals surface area contributed by atoms with Gasteiger partial charge in [0, 0.05) is 31.0 Å². The smallest absolute Gasteiger partial charge is 0.243 e. The molecule has 0 radical (unpaired) electrons. The number of sulfonamides is 1. The van der Waals surface area contributed by atoms with Gasteiger partial charge in [-0.3, -0.25) is 4.98 Å². The first-order valence-electron chi connectivity index (χ1n) is 9.38. The molecule has 0 aliphatic carbocycles. The maximum Gasteiger partial charge on any atom is 0.243 e. The largest absolute Gasteiger partial charge is 0.497 e. The Morgan fingerprint density at radius 2 is 1.90 bits per heavy atom. The van der Waals surface area contributed by atoms with E-state index in [0.717, 1.165) is 16.5 Å². The van der Waals surface area contributed by atoms with Gasteiger partial charge in [0.1, 0.15) is 22.5 Å². The zero-order valence-electron chi connectivity index (χ0n) is 16.9. The number of hydrogen-bond donors (Lipinski definition) is 1. The number of pyridine rings is 1. The second-order valence-corrected chi connectivity index (χ2v) is 8.75. The lowest BCUT2D eigenvalue weighted by Crippen LogP contribution is -2.31. The molecule has 30 heavy (non-hydrogen) atoms. The summed E-state index contributed by atoms with van der Waals surface area (Å²) in [7, 11) is -0.518. The topological polar surface area (TPSA) is 86.1 Å². The van der Waals surface area contributed by atoms with Crippen molar-refractivity contribution >= 4 is 20.9 Å². The Morgan fingerprint density at radius 1 is 1.10 bits per heavy atom. The van der Waals surface area contributed by atoms with Gasteiger partial charge in [0.25, 0.3) is 0 Å². The monoisotopic (exact) mass is 422 g/mol. The number of ether oxygens (including phenoxy) is 1. The molecule has 8 heteroatoms. The summed E-state index contributed by atoms with van der Waals surface area (Å²) in [5.74, 6) is 1.20. The molecule has 4 rings (SSSR count). The molecule has 1 unspecified atom stereocenters. The first-order valence-corrected chi connectivity index (χ1v) is 10.9. The van der Waals surface area contributed by atoms with Gasteiger partial charge in [0.15, 0.2) is 0 Å². The van der Waals surface area contributed by atoms with Gasteiger partial charge in [-0.05, 0) is 42.3 Å². The third-order valence-corrected chi connectivity index (χ3v) is 6.37. The molecular formula is C22H22N4O3S. The van der Waals surface area contributed by atoms with Gasteiger partial charge in [-0.15, -0.1) is 0 Å². The van der Waals surface area contributed by atoms with Crippen molar-refractivity contribution in [2.24, 2.45) is 7.05 Å². The minimum atomic E-state index is -3.92. The van der Waals surface area contributed by atoms with E-state index >= 15 is 0 Å². The average molecular weight is 423 g/mol. The molecule has 0 aliphatic rings. The van der Waals surface area contributed by atoms with Crippen LogP contribution in [-0.2, 0) is 17.1 Å². The SMILES string of the molecule is COc1cccc(C(NS(=O)(=O)c2cccc3cc(C)cnc23)c2nccn2C)c1. The second-order valence-electron chi connectivity index (χ2n) is 7.07. The Morgan fingerprint density at radius 3 is 2.63 bits per heavy atom. The molecule has 0 aliphatic heterocycles. The van der Waals surface area contributed by atoms with Crippen molar-refractivity contribution < 1.29 is 13.2 Å². The Kier molecular flexibility index (Phi) is 5.27. The van der Waals surface area contributed by atoms with Crippen LogP contribution >= 0.6 is 0 Å². The number of methoxy groups -OCH3 is 1. The van der Waals surface area contributed by atoms with Crippen molar-refractivity contribution in [3.8, 4) is 5.75 Å². The first kappa shape index (κ1) is 20.1. The number of benzene rings is 2. The predicted molar refractivity (Wildman–Crippen MR) is 115 cm³/mol. The van der Waals surface area contributed by atoms with Crippen LogP contribution in [0.1, 0.15) is 23.0 Å². The number of nitrogens with zero attached hydrogens (tertiary/aromatic N) is 3. The van der Waals surface area contributed by atoms with Crippen LogP contribution in [0.2, 0.25) is 0 Å². The Labute approximate surface area is 175 Å². The molecule has 0 saturated heterocycles. The highest BCUT2D eigenvalue weighted by Gasteiger charge is 2.27. The Bertz CT molecular complexity index is 1310. The molecular weight excluding hydrogens is 400 g/mol. The van der Waals surface area contributed by atoms with Gasteiger partial charge in [0.2, 0.25) is 10.0 Å². The van der Waals surface area contributed by atoms with Crippen molar-refractivity contribution in [3.63, 3.8) is 0 Å². The molecule has 0 saturated carbocycles. The van der Waals surface area contributed by atoms with Gasteiger partial charge in [-0.2, -0.15) is 4.72 Å². The highest BCUT2D eigenvalue weighted by Crippen LogP contribution is 2.28. The molecule has 4 aromatic rings. The van der Waals surface area contributed by atoms with Crippen LogP contribution in [0.4, 0.5) is 0 Å². The van der Waals surface area contributed by atoms with E-state index < -0.39 is 16.1 Å². The summed E-state index contributed by atoms with van der Waals surface area (Å²) < 4.78 is 36.8. The number of imidazole rings is 1. The maximum absolute atomic E-state index is 13.5. The summed E-state index contributed by atoms with van der Waals surface area (Å²) in [5, 5.41) is 0.771. The van der Waals surface area contributed by atoms with Crippen molar-refractivity contribution in [1.82, 2.24) is 19.3 Å².